The Morgan fingerprint density at radius 2 is 1.83 bits per heavy atom. The van der Waals surface area contributed by atoms with Crippen LogP contribution in [0.3, 0.4) is 0 Å². The number of hydrogen-bond acceptors (Lipinski definition) is 7. The molecule has 1 aromatic carbocycles. The van der Waals surface area contributed by atoms with E-state index >= 15 is 0 Å². The molecule has 29 heavy (non-hydrogen) atoms. The van der Waals surface area contributed by atoms with Gasteiger partial charge >= 0.3 is 5.97 Å². The Labute approximate surface area is 173 Å². The molecule has 0 bridgehead atoms. The summed E-state index contributed by atoms with van der Waals surface area (Å²) in [7, 11) is 1.14. The highest BCUT2D eigenvalue weighted by Crippen LogP contribution is 2.40. The van der Waals surface area contributed by atoms with E-state index < -0.39 is 19.9 Å². The number of esters is 1. The van der Waals surface area contributed by atoms with Gasteiger partial charge in [0.25, 0.3) is 7.82 Å². The number of phosphoric acid groups is 1. The molecule has 0 aliphatic heterocycles. The van der Waals surface area contributed by atoms with Crippen LogP contribution in [0.1, 0.15) is 19.4 Å². The fourth-order valence-electron chi connectivity index (χ4n) is 2.05. The van der Waals surface area contributed by atoms with Crippen LogP contribution in [0.25, 0.3) is 0 Å². The number of aryl methyl sites for hydroxylation is 1. The fourth-order valence-corrected chi connectivity index (χ4v) is 2.90. The highest BCUT2D eigenvalue weighted by Gasteiger charge is 2.22. The Kier molecular flexibility index (Phi) is 10.0. The van der Waals surface area contributed by atoms with Gasteiger partial charge in [-0.1, -0.05) is 25.6 Å². The molecule has 1 aromatic rings. The van der Waals surface area contributed by atoms with Gasteiger partial charge in [0.1, 0.15) is 38.2 Å². The predicted octanol–water partition coefficient (Wildman–Crippen LogP) is 2.32. The Morgan fingerprint density at radius 3 is 2.34 bits per heavy atom. The first-order valence-electron chi connectivity index (χ1n) is 9.40. The smallest absolute Gasteiger partial charge is 0.333 e. The molecular weight excluding hydrogens is 397 g/mol. The van der Waals surface area contributed by atoms with Gasteiger partial charge in [0.15, 0.2) is 0 Å². The average molecular weight is 429 g/mol. The fraction of sp³-hybridized carbons (Fsp3) is 0.550. The molecule has 0 aliphatic carbocycles. The molecule has 0 spiro atoms. The van der Waals surface area contributed by atoms with Gasteiger partial charge in [-0.05, 0) is 31.0 Å². The van der Waals surface area contributed by atoms with Crippen molar-refractivity contribution in [3.63, 3.8) is 0 Å². The minimum atomic E-state index is -4.61. The first-order chi connectivity index (χ1) is 13.4. The third-order valence-corrected chi connectivity index (χ3v) is 4.86. The summed E-state index contributed by atoms with van der Waals surface area (Å²) in [6, 6.07) is 7.39. The van der Waals surface area contributed by atoms with E-state index in [4.69, 9.17) is 18.5 Å². The lowest BCUT2D eigenvalue weighted by atomic mass is 10.2. The van der Waals surface area contributed by atoms with Gasteiger partial charge in [-0.25, -0.2) is 4.79 Å². The minimum Gasteiger partial charge on any atom is -0.756 e. The third kappa shape index (κ3) is 11.2. The van der Waals surface area contributed by atoms with E-state index in [2.05, 4.69) is 6.58 Å². The van der Waals surface area contributed by atoms with Crippen LogP contribution >= 0.6 is 7.82 Å². The zero-order valence-electron chi connectivity index (χ0n) is 17.9. The highest BCUT2D eigenvalue weighted by atomic mass is 31.2. The number of carbonyl (C=O) groups is 1. The maximum absolute atomic E-state index is 12.2. The van der Waals surface area contributed by atoms with Crippen molar-refractivity contribution in [2.24, 2.45) is 0 Å². The molecule has 0 N–H and O–H groups in total. The second kappa shape index (κ2) is 11.5. The Balaban J connectivity index is 2.71. The van der Waals surface area contributed by atoms with E-state index in [0.29, 0.717) is 16.8 Å². The van der Waals surface area contributed by atoms with Crippen LogP contribution in [0.2, 0.25) is 0 Å². The number of hydrogen-bond donors (Lipinski definition) is 0. The molecule has 2 atom stereocenters. The van der Waals surface area contributed by atoms with Crippen LogP contribution in [-0.4, -0.2) is 64.1 Å². The van der Waals surface area contributed by atoms with Crippen LogP contribution in [0, 0.1) is 0 Å². The standard InChI is InChI=1S/C20H32NO7P/c1-7-17-8-10-18(11-9-17)25-14-19(15-26-20(22)16(2)3)28-29(23,24)27-13-12-21(4,5)6/h8-11,19H,2,7,12-15H2,1,3-6H3. The Morgan fingerprint density at radius 1 is 1.21 bits per heavy atom. The Bertz CT molecular complexity index is 713. The van der Waals surface area contributed by atoms with Gasteiger partial charge in [0.05, 0.1) is 21.1 Å². The summed E-state index contributed by atoms with van der Waals surface area (Å²) in [5.74, 6) is -0.0914. The molecule has 0 fully saturated rings. The van der Waals surface area contributed by atoms with Crippen molar-refractivity contribution < 1.29 is 37.3 Å². The second-order valence-electron chi connectivity index (χ2n) is 7.71. The van der Waals surface area contributed by atoms with Crippen LogP contribution in [0.15, 0.2) is 36.4 Å². The van der Waals surface area contributed by atoms with Crippen molar-refractivity contribution in [1.82, 2.24) is 0 Å². The van der Waals surface area contributed by atoms with Gasteiger partial charge < -0.3 is 27.9 Å². The molecule has 0 heterocycles. The molecule has 0 amide bonds. The van der Waals surface area contributed by atoms with Crippen molar-refractivity contribution >= 4 is 13.8 Å². The third-order valence-electron chi connectivity index (χ3n) is 3.81. The van der Waals surface area contributed by atoms with E-state index in [0.717, 1.165) is 12.0 Å². The monoisotopic (exact) mass is 429 g/mol. The minimum absolute atomic E-state index is 0.0259. The van der Waals surface area contributed by atoms with E-state index in [-0.39, 0.29) is 25.4 Å². The van der Waals surface area contributed by atoms with Crippen LogP contribution in [-0.2, 0) is 29.6 Å². The molecule has 8 nitrogen and oxygen atoms in total. The maximum Gasteiger partial charge on any atom is 0.333 e. The maximum atomic E-state index is 12.2. The average Bonchev–Trinajstić information content (AvgIpc) is 2.62. The number of carbonyl (C=O) groups excluding carboxylic acids is 1. The molecule has 0 radical (unpaired) electrons. The van der Waals surface area contributed by atoms with E-state index in [9.17, 15) is 14.3 Å². The number of quaternary nitrogens is 1. The topological polar surface area (TPSA) is 94.1 Å². The number of benzene rings is 1. The molecule has 2 unspecified atom stereocenters. The van der Waals surface area contributed by atoms with E-state index in [1.807, 2.05) is 40.2 Å². The van der Waals surface area contributed by atoms with Gasteiger partial charge in [-0.3, -0.25) is 4.57 Å². The number of rotatable bonds is 13. The summed E-state index contributed by atoms with van der Waals surface area (Å²) >= 11 is 0. The van der Waals surface area contributed by atoms with Gasteiger partial charge in [-0.15, -0.1) is 0 Å². The zero-order valence-corrected chi connectivity index (χ0v) is 18.8. The normalized spacial score (nSPS) is 14.7. The van der Waals surface area contributed by atoms with Gasteiger partial charge in [-0.2, -0.15) is 0 Å². The first-order valence-corrected chi connectivity index (χ1v) is 10.9. The summed E-state index contributed by atoms with van der Waals surface area (Å²) in [6.07, 6.45) is -0.163. The molecular formula is C20H32NO7P. The number of nitrogens with zero attached hydrogens (tertiary/aromatic N) is 1. The van der Waals surface area contributed by atoms with Crippen molar-refractivity contribution in [2.75, 3.05) is 47.5 Å². The van der Waals surface area contributed by atoms with Crippen LogP contribution in [0.4, 0.5) is 0 Å². The van der Waals surface area contributed by atoms with Crippen LogP contribution in [0.5, 0.6) is 5.75 Å². The highest BCUT2D eigenvalue weighted by molar-refractivity contribution is 7.45. The van der Waals surface area contributed by atoms with Gasteiger partial charge in [0, 0.05) is 5.57 Å². The summed E-state index contributed by atoms with van der Waals surface area (Å²) in [5, 5.41) is 0. The summed E-state index contributed by atoms with van der Waals surface area (Å²) in [4.78, 5) is 23.8. The lowest BCUT2D eigenvalue weighted by molar-refractivity contribution is -0.870. The molecule has 0 saturated carbocycles. The number of likely N-dealkylation sites (N-methyl/N-ethyl adjacent to an activating group) is 1. The van der Waals surface area contributed by atoms with E-state index in [1.165, 1.54) is 6.92 Å². The Hall–Kier alpha value is -1.70. The lowest BCUT2D eigenvalue weighted by Gasteiger charge is -2.30. The largest absolute Gasteiger partial charge is 0.756 e. The molecule has 1 rings (SSSR count). The summed E-state index contributed by atoms with van der Waals surface area (Å²) in [5.41, 5.74) is 1.35. The number of ether oxygens (including phenoxy) is 2. The zero-order chi connectivity index (χ0) is 22.1. The first kappa shape index (κ1) is 25.3. The van der Waals surface area contributed by atoms with Gasteiger partial charge in [0.2, 0.25) is 0 Å². The molecule has 0 aliphatic rings. The van der Waals surface area contributed by atoms with Crippen molar-refractivity contribution in [3.8, 4) is 5.75 Å². The van der Waals surface area contributed by atoms with E-state index in [1.54, 1.807) is 12.1 Å². The summed E-state index contributed by atoms with van der Waals surface area (Å²) < 4.78 is 33.4. The van der Waals surface area contributed by atoms with Crippen LogP contribution < -0.4 is 9.63 Å². The molecule has 9 heteroatoms. The molecule has 0 saturated heterocycles. The van der Waals surface area contributed by atoms with Crippen molar-refractivity contribution in [1.29, 1.82) is 0 Å². The lowest BCUT2D eigenvalue weighted by Crippen LogP contribution is -2.38. The quantitative estimate of drug-likeness (QED) is 0.206. The second-order valence-corrected chi connectivity index (χ2v) is 9.07. The van der Waals surface area contributed by atoms with Crippen molar-refractivity contribution in [2.45, 2.75) is 26.4 Å². The summed E-state index contributed by atoms with van der Waals surface area (Å²) in [6.45, 7) is 7.03. The number of phosphoric ester groups is 1. The van der Waals surface area contributed by atoms with Crippen molar-refractivity contribution in [3.05, 3.63) is 42.0 Å². The molecule has 164 valence electrons. The SMILES string of the molecule is C=C(C)C(=O)OCC(COc1ccc(CC)cc1)OP(=O)([O-])OCC[N+](C)(C)C. The molecule has 0 aromatic heterocycles. The predicted molar refractivity (Wildman–Crippen MR) is 108 cm³/mol.